The van der Waals surface area contributed by atoms with Crippen LogP contribution in [0.25, 0.3) is 0 Å². The van der Waals surface area contributed by atoms with Crippen molar-refractivity contribution < 1.29 is 9.90 Å². The Kier molecular flexibility index (Phi) is 4.76. The number of rotatable bonds is 4. The fraction of sp³-hybridized carbons (Fsp3) is 0.692. The molecule has 1 aliphatic rings. The molecule has 2 rings (SSSR count). The molecule has 1 atom stereocenters. The molecule has 0 radical (unpaired) electrons. The van der Waals surface area contributed by atoms with Crippen molar-refractivity contribution in [2.24, 2.45) is 5.92 Å². The Hall–Kier alpha value is -1.14. The van der Waals surface area contributed by atoms with E-state index in [9.17, 15) is 9.59 Å². The third kappa shape index (κ3) is 3.45. The summed E-state index contributed by atoms with van der Waals surface area (Å²) in [7, 11) is 0. The Balaban J connectivity index is 1.98. The van der Waals surface area contributed by atoms with Crippen LogP contribution < -0.4 is 4.87 Å². The third-order valence-corrected chi connectivity index (χ3v) is 4.56. The second-order valence-electron chi connectivity index (χ2n) is 5.09. The molecule has 0 spiro atoms. The molecule has 0 bridgehead atoms. The molecule has 1 aromatic rings. The number of hydrogen-bond acceptors (Lipinski definition) is 4. The lowest BCUT2D eigenvalue weighted by molar-refractivity contribution is -0.133. The summed E-state index contributed by atoms with van der Waals surface area (Å²) in [5.74, 6) is 0.397. The van der Waals surface area contributed by atoms with Crippen molar-refractivity contribution in [1.29, 1.82) is 0 Å². The van der Waals surface area contributed by atoms with Crippen molar-refractivity contribution in [3.63, 3.8) is 0 Å². The molecule has 1 saturated heterocycles. The van der Waals surface area contributed by atoms with Gasteiger partial charge in [-0.3, -0.25) is 14.2 Å². The van der Waals surface area contributed by atoms with Gasteiger partial charge in [-0.1, -0.05) is 11.3 Å². The maximum absolute atomic E-state index is 12.2. The van der Waals surface area contributed by atoms with Crippen LogP contribution in [0, 0.1) is 12.8 Å². The first-order chi connectivity index (χ1) is 9.11. The summed E-state index contributed by atoms with van der Waals surface area (Å²) < 4.78 is 1.53. The van der Waals surface area contributed by atoms with E-state index in [-0.39, 0.29) is 23.9 Å². The summed E-state index contributed by atoms with van der Waals surface area (Å²) in [4.78, 5) is 25.6. The molecule has 0 saturated carbocycles. The molecule has 0 aliphatic carbocycles. The van der Waals surface area contributed by atoms with Crippen LogP contribution >= 0.6 is 11.3 Å². The van der Waals surface area contributed by atoms with E-state index in [0.29, 0.717) is 12.5 Å². The summed E-state index contributed by atoms with van der Waals surface area (Å²) in [5.41, 5.74) is 0.840. The zero-order chi connectivity index (χ0) is 13.8. The van der Waals surface area contributed by atoms with E-state index in [2.05, 4.69) is 0 Å². The highest BCUT2D eigenvalue weighted by Gasteiger charge is 2.23. The summed E-state index contributed by atoms with van der Waals surface area (Å²) in [5, 5.41) is 10.8. The quantitative estimate of drug-likeness (QED) is 0.891. The normalized spacial score (nSPS) is 19.7. The fourth-order valence-corrected chi connectivity index (χ4v) is 3.28. The number of hydrogen-bond donors (Lipinski definition) is 1. The number of nitrogens with zero attached hydrogens (tertiary/aromatic N) is 2. The molecule has 1 aromatic heterocycles. The van der Waals surface area contributed by atoms with Crippen LogP contribution in [0.4, 0.5) is 0 Å². The molecule has 1 aliphatic heterocycles. The summed E-state index contributed by atoms with van der Waals surface area (Å²) in [6.45, 7) is 3.63. The van der Waals surface area contributed by atoms with Gasteiger partial charge in [0.2, 0.25) is 5.91 Å². The number of aliphatic hydroxyl groups is 1. The Morgan fingerprint density at radius 2 is 2.37 bits per heavy atom. The molecule has 1 amide bonds. The van der Waals surface area contributed by atoms with Crippen molar-refractivity contribution in [2.45, 2.75) is 32.7 Å². The highest BCUT2D eigenvalue weighted by atomic mass is 32.1. The minimum atomic E-state index is -0.0743. The van der Waals surface area contributed by atoms with Gasteiger partial charge in [0, 0.05) is 30.8 Å². The van der Waals surface area contributed by atoms with Gasteiger partial charge in [-0.25, -0.2) is 0 Å². The van der Waals surface area contributed by atoms with E-state index in [1.54, 1.807) is 5.38 Å². The first kappa shape index (κ1) is 14.3. The molecule has 106 valence electrons. The SMILES string of the molecule is Cc1csc(=O)n1CC(=O)N1CCCC(CCO)C1. The second kappa shape index (κ2) is 6.34. The van der Waals surface area contributed by atoms with Crippen molar-refractivity contribution >= 4 is 17.2 Å². The van der Waals surface area contributed by atoms with Crippen LogP contribution in [0.15, 0.2) is 10.2 Å². The van der Waals surface area contributed by atoms with Crippen LogP contribution in [0.5, 0.6) is 0 Å². The molecular formula is C13H20N2O3S. The Morgan fingerprint density at radius 1 is 1.58 bits per heavy atom. The standard InChI is InChI=1S/C13H20N2O3S/c1-10-9-19-13(18)15(10)8-12(17)14-5-2-3-11(7-14)4-6-16/h9,11,16H,2-8H2,1H3. The van der Waals surface area contributed by atoms with Crippen molar-refractivity contribution in [3.8, 4) is 0 Å². The van der Waals surface area contributed by atoms with Gasteiger partial charge in [0.05, 0.1) is 0 Å². The van der Waals surface area contributed by atoms with Gasteiger partial charge in [0.15, 0.2) is 0 Å². The topological polar surface area (TPSA) is 62.5 Å². The van der Waals surface area contributed by atoms with Gasteiger partial charge in [0.25, 0.3) is 0 Å². The lowest BCUT2D eigenvalue weighted by Gasteiger charge is -2.32. The molecule has 5 nitrogen and oxygen atoms in total. The van der Waals surface area contributed by atoms with Gasteiger partial charge in [-0.05, 0) is 32.1 Å². The summed E-state index contributed by atoms with van der Waals surface area (Å²) in [6.07, 6.45) is 2.80. The second-order valence-corrected chi connectivity index (χ2v) is 5.91. The maximum Gasteiger partial charge on any atom is 0.307 e. The molecule has 1 N–H and O–H groups in total. The van der Waals surface area contributed by atoms with Gasteiger partial charge < -0.3 is 10.0 Å². The predicted molar refractivity (Wildman–Crippen MR) is 74.3 cm³/mol. The lowest BCUT2D eigenvalue weighted by atomic mass is 9.95. The van der Waals surface area contributed by atoms with Crippen LogP contribution in [-0.2, 0) is 11.3 Å². The van der Waals surface area contributed by atoms with E-state index in [1.807, 2.05) is 11.8 Å². The first-order valence-electron chi connectivity index (χ1n) is 6.65. The molecular weight excluding hydrogens is 264 g/mol. The van der Waals surface area contributed by atoms with Gasteiger partial charge in [-0.15, -0.1) is 0 Å². The number of thiazole rings is 1. The van der Waals surface area contributed by atoms with Crippen LogP contribution in [0.2, 0.25) is 0 Å². The van der Waals surface area contributed by atoms with Gasteiger partial charge in [0.1, 0.15) is 6.54 Å². The number of aromatic nitrogens is 1. The van der Waals surface area contributed by atoms with E-state index in [0.717, 1.165) is 42.8 Å². The summed E-state index contributed by atoms with van der Waals surface area (Å²) >= 11 is 1.13. The Labute approximate surface area is 116 Å². The van der Waals surface area contributed by atoms with Crippen molar-refractivity contribution in [3.05, 3.63) is 20.7 Å². The van der Waals surface area contributed by atoms with E-state index in [4.69, 9.17) is 5.11 Å². The number of carbonyl (C=O) groups is 1. The van der Waals surface area contributed by atoms with Gasteiger partial charge >= 0.3 is 4.87 Å². The number of amides is 1. The molecule has 6 heteroatoms. The Morgan fingerprint density at radius 3 is 3.00 bits per heavy atom. The molecule has 1 unspecified atom stereocenters. The third-order valence-electron chi connectivity index (χ3n) is 3.68. The molecule has 2 heterocycles. The predicted octanol–water partition coefficient (Wildman–Crippen LogP) is 0.839. The van der Waals surface area contributed by atoms with Crippen LogP contribution in [0.1, 0.15) is 25.0 Å². The smallest absolute Gasteiger partial charge is 0.307 e. The molecule has 19 heavy (non-hydrogen) atoms. The minimum Gasteiger partial charge on any atom is -0.396 e. The van der Waals surface area contributed by atoms with Crippen molar-refractivity contribution in [2.75, 3.05) is 19.7 Å². The highest BCUT2D eigenvalue weighted by molar-refractivity contribution is 7.07. The molecule has 1 fully saturated rings. The van der Waals surface area contributed by atoms with E-state index >= 15 is 0 Å². The number of likely N-dealkylation sites (tertiary alicyclic amines) is 1. The maximum atomic E-state index is 12.2. The summed E-state index contributed by atoms with van der Waals surface area (Å²) in [6, 6.07) is 0. The lowest BCUT2D eigenvalue weighted by Crippen LogP contribution is -2.42. The van der Waals surface area contributed by atoms with Gasteiger partial charge in [-0.2, -0.15) is 0 Å². The van der Waals surface area contributed by atoms with Crippen LogP contribution in [0.3, 0.4) is 0 Å². The average molecular weight is 284 g/mol. The fourth-order valence-electron chi connectivity index (χ4n) is 2.54. The average Bonchev–Trinajstić information content (AvgIpc) is 2.71. The number of aryl methyl sites for hydroxylation is 1. The van der Waals surface area contributed by atoms with Crippen molar-refractivity contribution in [1.82, 2.24) is 9.47 Å². The van der Waals surface area contributed by atoms with Crippen LogP contribution in [-0.4, -0.2) is 40.2 Å². The highest BCUT2D eigenvalue weighted by Crippen LogP contribution is 2.19. The number of carbonyl (C=O) groups excluding carboxylic acids is 1. The Bertz CT molecular complexity index is 492. The monoisotopic (exact) mass is 284 g/mol. The zero-order valence-corrected chi connectivity index (χ0v) is 12.0. The zero-order valence-electron chi connectivity index (χ0n) is 11.2. The number of piperidine rings is 1. The largest absolute Gasteiger partial charge is 0.396 e. The minimum absolute atomic E-state index is 0.00578. The molecule has 0 aromatic carbocycles. The van der Waals surface area contributed by atoms with E-state index in [1.165, 1.54) is 4.57 Å². The number of aliphatic hydroxyl groups excluding tert-OH is 1. The first-order valence-corrected chi connectivity index (χ1v) is 7.53. The van der Waals surface area contributed by atoms with E-state index < -0.39 is 0 Å².